The van der Waals surface area contributed by atoms with Crippen molar-refractivity contribution in [2.24, 2.45) is 0 Å². The molecule has 19 heavy (non-hydrogen) atoms. The van der Waals surface area contributed by atoms with Gasteiger partial charge in [-0.15, -0.1) is 0 Å². The highest BCUT2D eigenvalue weighted by Crippen LogP contribution is 2.18. The Hall–Kier alpha value is -2.20. The highest BCUT2D eigenvalue weighted by atomic mass is 35.5. The minimum atomic E-state index is -0.294. The topological polar surface area (TPSA) is 75.4 Å². The molecule has 0 spiro atoms. The highest BCUT2D eigenvalue weighted by molar-refractivity contribution is 6.31. The van der Waals surface area contributed by atoms with Crippen LogP contribution in [0.15, 0.2) is 42.5 Å². The molecule has 5 heteroatoms. The molecule has 0 aliphatic rings. The van der Waals surface area contributed by atoms with Crippen LogP contribution < -0.4 is 11.1 Å². The Kier molecular flexibility index (Phi) is 3.92. The number of rotatable bonds is 3. The summed E-state index contributed by atoms with van der Waals surface area (Å²) in [5, 5.41) is 12.7. The molecule has 0 aliphatic carbocycles. The molecule has 0 unspecified atom stereocenters. The van der Waals surface area contributed by atoms with Crippen molar-refractivity contribution >= 4 is 23.2 Å². The molecule has 2 aromatic carbocycles. The summed E-state index contributed by atoms with van der Waals surface area (Å²) in [5.74, 6) is -0.147. The molecular formula is C14H13ClN2O2. The second-order valence-corrected chi connectivity index (χ2v) is 4.52. The number of halogens is 1. The van der Waals surface area contributed by atoms with E-state index in [1.54, 1.807) is 36.4 Å². The molecule has 2 rings (SSSR count). The van der Waals surface area contributed by atoms with Gasteiger partial charge in [0, 0.05) is 28.4 Å². The van der Waals surface area contributed by atoms with E-state index in [4.69, 9.17) is 17.3 Å². The summed E-state index contributed by atoms with van der Waals surface area (Å²) in [6.45, 7) is 0.234. The third kappa shape index (κ3) is 3.39. The van der Waals surface area contributed by atoms with Gasteiger partial charge in [0.2, 0.25) is 0 Å². The summed E-state index contributed by atoms with van der Waals surface area (Å²) in [5.41, 5.74) is 7.09. The van der Waals surface area contributed by atoms with Crippen LogP contribution in [0, 0.1) is 0 Å². The maximum atomic E-state index is 11.9. The van der Waals surface area contributed by atoms with Gasteiger partial charge in [0.05, 0.1) is 0 Å². The van der Waals surface area contributed by atoms with Crippen molar-refractivity contribution < 1.29 is 9.90 Å². The number of aromatic hydroxyl groups is 1. The zero-order chi connectivity index (χ0) is 13.8. The average molecular weight is 277 g/mol. The van der Waals surface area contributed by atoms with Crippen molar-refractivity contribution in [3.63, 3.8) is 0 Å². The van der Waals surface area contributed by atoms with E-state index in [0.29, 0.717) is 21.8 Å². The minimum Gasteiger partial charge on any atom is -0.508 e. The number of phenols is 1. The van der Waals surface area contributed by atoms with Gasteiger partial charge in [-0.3, -0.25) is 4.79 Å². The molecule has 0 aliphatic heterocycles. The fraction of sp³-hybridized carbons (Fsp3) is 0.0714. The standard InChI is InChI=1S/C14H13ClN2O2/c15-11-5-10(6-12(16)7-11)14(19)17-8-9-3-1-2-4-13(9)18/h1-7,18H,8,16H2,(H,17,19). The Morgan fingerprint density at radius 1 is 1.26 bits per heavy atom. The van der Waals surface area contributed by atoms with Gasteiger partial charge < -0.3 is 16.2 Å². The van der Waals surface area contributed by atoms with Crippen molar-refractivity contribution in [2.75, 3.05) is 5.73 Å². The quantitative estimate of drug-likeness (QED) is 0.754. The van der Waals surface area contributed by atoms with Crippen LogP contribution in [0.2, 0.25) is 5.02 Å². The van der Waals surface area contributed by atoms with Crippen molar-refractivity contribution in [2.45, 2.75) is 6.54 Å². The maximum Gasteiger partial charge on any atom is 0.251 e. The number of hydrogen-bond acceptors (Lipinski definition) is 3. The average Bonchev–Trinajstić information content (AvgIpc) is 2.36. The fourth-order valence-electron chi connectivity index (χ4n) is 1.68. The molecule has 4 nitrogen and oxygen atoms in total. The fourth-order valence-corrected chi connectivity index (χ4v) is 1.92. The Morgan fingerprint density at radius 2 is 2.00 bits per heavy atom. The minimum absolute atomic E-state index is 0.147. The number of para-hydroxylation sites is 1. The molecule has 0 heterocycles. The third-order valence-corrected chi connectivity index (χ3v) is 2.83. The first-order valence-corrected chi connectivity index (χ1v) is 6.05. The molecule has 0 fully saturated rings. The molecule has 4 N–H and O–H groups in total. The molecule has 0 atom stereocenters. The lowest BCUT2D eigenvalue weighted by Gasteiger charge is -2.08. The van der Waals surface area contributed by atoms with E-state index in [1.165, 1.54) is 6.07 Å². The van der Waals surface area contributed by atoms with E-state index in [9.17, 15) is 9.90 Å². The predicted molar refractivity (Wildman–Crippen MR) is 75.1 cm³/mol. The Morgan fingerprint density at radius 3 is 2.68 bits per heavy atom. The first-order chi connectivity index (χ1) is 9.06. The van der Waals surface area contributed by atoms with Gasteiger partial charge in [-0.1, -0.05) is 29.8 Å². The van der Waals surface area contributed by atoms with Crippen LogP contribution in [0.25, 0.3) is 0 Å². The Bertz CT molecular complexity index is 594. The maximum absolute atomic E-state index is 11.9. The molecule has 98 valence electrons. The lowest BCUT2D eigenvalue weighted by molar-refractivity contribution is 0.0951. The van der Waals surface area contributed by atoms with Gasteiger partial charge >= 0.3 is 0 Å². The number of phenolic OH excluding ortho intramolecular Hbond substituents is 1. The van der Waals surface area contributed by atoms with E-state index in [2.05, 4.69) is 5.32 Å². The second kappa shape index (κ2) is 5.63. The smallest absolute Gasteiger partial charge is 0.251 e. The van der Waals surface area contributed by atoms with E-state index in [1.807, 2.05) is 0 Å². The van der Waals surface area contributed by atoms with Gasteiger partial charge in [0.1, 0.15) is 5.75 Å². The lowest BCUT2D eigenvalue weighted by atomic mass is 10.1. The number of amides is 1. The summed E-state index contributed by atoms with van der Waals surface area (Å²) < 4.78 is 0. The summed E-state index contributed by atoms with van der Waals surface area (Å²) >= 11 is 5.84. The first-order valence-electron chi connectivity index (χ1n) is 5.67. The molecule has 0 saturated carbocycles. The van der Waals surface area contributed by atoms with Crippen molar-refractivity contribution in [1.82, 2.24) is 5.32 Å². The van der Waals surface area contributed by atoms with Gasteiger partial charge in [0.25, 0.3) is 5.91 Å². The zero-order valence-electron chi connectivity index (χ0n) is 10.1. The molecule has 0 saturated heterocycles. The van der Waals surface area contributed by atoms with Crippen molar-refractivity contribution in [3.8, 4) is 5.75 Å². The summed E-state index contributed by atoms with van der Waals surface area (Å²) in [6, 6.07) is 11.5. The summed E-state index contributed by atoms with van der Waals surface area (Å²) in [7, 11) is 0. The number of carbonyl (C=O) groups is 1. The number of benzene rings is 2. The van der Waals surface area contributed by atoms with E-state index in [0.717, 1.165) is 0 Å². The van der Waals surface area contributed by atoms with Gasteiger partial charge in [0.15, 0.2) is 0 Å². The molecule has 1 amide bonds. The monoisotopic (exact) mass is 276 g/mol. The van der Waals surface area contributed by atoms with E-state index >= 15 is 0 Å². The number of nitrogens with two attached hydrogens (primary N) is 1. The van der Waals surface area contributed by atoms with E-state index in [-0.39, 0.29) is 18.2 Å². The first kappa shape index (κ1) is 13.2. The second-order valence-electron chi connectivity index (χ2n) is 4.08. The predicted octanol–water partition coefficient (Wildman–Crippen LogP) is 2.56. The van der Waals surface area contributed by atoms with Crippen molar-refractivity contribution in [3.05, 3.63) is 58.6 Å². The largest absolute Gasteiger partial charge is 0.508 e. The summed E-state index contributed by atoms with van der Waals surface area (Å²) in [4.78, 5) is 11.9. The van der Waals surface area contributed by atoms with Crippen molar-refractivity contribution in [1.29, 1.82) is 0 Å². The number of carbonyl (C=O) groups excluding carboxylic acids is 1. The van der Waals surface area contributed by atoms with Crippen LogP contribution >= 0.6 is 11.6 Å². The highest BCUT2D eigenvalue weighted by Gasteiger charge is 2.08. The number of nitrogen functional groups attached to an aromatic ring is 1. The van der Waals surface area contributed by atoms with Crippen LogP contribution in [0.1, 0.15) is 15.9 Å². The zero-order valence-corrected chi connectivity index (χ0v) is 10.8. The normalized spacial score (nSPS) is 10.2. The number of hydrogen-bond donors (Lipinski definition) is 3. The van der Waals surface area contributed by atoms with Crippen LogP contribution in [0.4, 0.5) is 5.69 Å². The molecule has 2 aromatic rings. The van der Waals surface area contributed by atoms with Crippen LogP contribution in [-0.2, 0) is 6.54 Å². The van der Waals surface area contributed by atoms with Gasteiger partial charge in [-0.2, -0.15) is 0 Å². The number of nitrogens with one attached hydrogen (secondary N) is 1. The lowest BCUT2D eigenvalue weighted by Crippen LogP contribution is -2.22. The molecule has 0 radical (unpaired) electrons. The van der Waals surface area contributed by atoms with Crippen LogP contribution in [0.5, 0.6) is 5.75 Å². The van der Waals surface area contributed by atoms with Crippen LogP contribution in [-0.4, -0.2) is 11.0 Å². The van der Waals surface area contributed by atoms with Gasteiger partial charge in [-0.05, 0) is 24.3 Å². The van der Waals surface area contributed by atoms with E-state index < -0.39 is 0 Å². The summed E-state index contributed by atoms with van der Waals surface area (Å²) in [6.07, 6.45) is 0. The Balaban J connectivity index is 2.08. The molecule has 0 aromatic heterocycles. The number of anilines is 1. The van der Waals surface area contributed by atoms with Crippen LogP contribution in [0.3, 0.4) is 0 Å². The third-order valence-electron chi connectivity index (χ3n) is 2.61. The SMILES string of the molecule is Nc1cc(Cl)cc(C(=O)NCc2ccccc2O)c1. The Labute approximate surface area is 115 Å². The van der Waals surface area contributed by atoms with Gasteiger partial charge in [-0.25, -0.2) is 0 Å². The molecule has 0 bridgehead atoms. The molecular weight excluding hydrogens is 264 g/mol.